The zero-order valence-electron chi connectivity index (χ0n) is 34.3. The van der Waals surface area contributed by atoms with Gasteiger partial charge in [0.1, 0.15) is 0 Å². The van der Waals surface area contributed by atoms with Gasteiger partial charge < -0.3 is 67.5 Å². The van der Waals surface area contributed by atoms with Crippen molar-refractivity contribution in [3.63, 3.8) is 0 Å². The third-order valence-corrected chi connectivity index (χ3v) is 11.7. The Hall–Kier alpha value is -3.41. The molecular weight excluding hydrogens is 920 g/mol. The molecule has 5 fully saturated rings. The van der Waals surface area contributed by atoms with E-state index in [1.165, 1.54) is 12.4 Å². The minimum absolute atomic E-state index is 0. The molecule has 22 nitrogen and oxygen atoms in total. The fraction of sp³-hybridized carbons (Fsp3) is 0.676. The quantitative estimate of drug-likeness (QED) is 0.126. The first-order chi connectivity index (χ1) is 26.9. The first-order valence-corrected chi connectivity index (χ1v) is 19.2. The van der Waals surface area contributed by atoms with E-state index in [1.807, 2.05) is 27.7 Å². The molecule has 350 valence electrons. The minimum Gasteiger partial charge on any atom is -0.412 e. The SMILES string of the molecule is CC1(C)O[C@@H]2[C@@H](CO)C[C@@H](c3cnc(N)[nH]c3=O)[C@@H]2O1.CC[C@H]1C[C@@H](c2cnc(N)[nH]c2=O)[C@@H]2OC(C)(C)O[C@H]12.Cl.Nc1ncc([C@@H]2C[C@H](CO)[C@@H](O)[C@H]2O)c(=O)[nH]1.O.O.[HH].[Pd]. The normalized spacial score (nSPS) is 32.2. The van der Waals surface area contributed by atoms with E-state index < -0.39 is 41.2 Å². The van der Waals surface area contributed by atoms with Gasteiger partial charge in [0.05, 0.1) is 36.6 Å². The molecule has 0 bridgehead atoms. The number of nitrogens with one attached hydrogen (secondary N) is 3. The molecule has 2 aliphatic heterocycles. The number of hydrogen-bond acceptors (Lipinski definition) is 17. The number of rotatable bonds is 6. The van der Waals surface area contributed by atoms with Crippen molar-refractivity contribution in [2.45, 2.75) is 126 Å². The number of nitrogen functional groups attached to an aromatic ring is 3. The van der Waals surface area contributed by atoms with E-state index in [4.69, 9.17) is 41.3 Å². The molecule has 0 unspecified atom stereocenters. The Bertz CT molecular complexity index is 1980. The van der Waals surface area contributed by atoms with Crippen molar-refractivity contribution in [3.05, 3.63) is 66.3 Å². The van der Waals surface area contributed by atoms with Gasteiger partial charge in [-0.25, -0.2) is 15.0 Å². The Morgan fingerprint density at radius 1 is 0.623 bits per heavy atom. The van der Waals surface area contributed by atoms with Gasteiger partial charge in [-0.2, -0.15) is 0 Å². The smallest absolute Gasteiger partial charge is 0.255 e. The average Bonchev–Trinajstić information content (AvgIpc) is 3.90. The molecule has 0 amide bonds. The maximum atomic E-state index is 12.1. The van der Waals surface area contributed by atoms with Crippen molar-refractivity contribution in [3.8, 4) is 0 Å². The molecule has 5 aliphatic rings. The summed E-state index contributed by atoms with van der Waals surface area (Å²) in [6.07, 6.45) is 4.67. The number of fused-ring (bicyclic) bond motifs is 2. The molecule has 8 rings (SSSR count). The van der Waals surface area contributed by atoms with E-state index in [9.17, 15) is 29.7 Å². The number of aromatic nitrogens is 6. The Labute approximate surface area is 371 Å². The van der Waals surface area contributed by atoms with Crippen molar-refractivity contribution in [2.75, 3.05) is 30.4 Å². The summed E-state index contributed by atoms with van der Waals surface area (Å²) in [5, 5.41) is 38.0. The topological polar surface area (TPSA) is 396 Å². The van der Waals surface area contributed by atoms with Gasteiger partial charge in [0, 0.05) is 99.9 Å². The molecule has 2 saturated heterocycles. The van der Waals surface area contributed by atoms with Crippen LogP contribution in [0.15, 0.2) is 33.0 Å². The van der Waals surface area contributed by atoms with Crippen molar-refractivity contribution in [2.24, 2.45) is 17.8 Å². The molecule has 3 aliphatic carbocycles. The van der Waals surface area contributed by atoms with Crippen LogP contribution >= 0.6 is 12.4 Å². The van der Waals surface area contributed by atoms with Crippen LogP contribution in [0.25, 0.3) is 0 Å². The predicted molar refractivity (Wildman–Crippen MR) is 221 cm³/mol. The third kappa shape index (κ3) is 11.4. The molecule has 3 aromatic rings. The van der Waals surface area contributed by atoms with Gasteiger partial charge in [0.25, 0.3) is 16.7 Å². The molecule has 3 aromatic heterocycles. The predicted octanol–water partition coefficient (Wildman–Crippen LogP) is -1.46. The van der Waals surface area contributed by atoms with Crippen LogP contribution in [0, 0.1) is 17.8 Å². The summed E-state index contributed by atoms with van der Waals surface area (Å²) in [5.74, 6) is -1.76. The van der Waals surface area contributed by atoms with E-state index in [2.05, 4.69) is 36.8 Å². The minimum atomic E-state index is -1.07. The molecular formula is C37H62ClN9O13Pd. The van der Waals surface area contributed by atoms with Gasteiger partial charge in [0.15, 0.2) is 29.4 Å². The molecule has 0 spiro atoms. The number of anilines is 3. The summed E-state index contributed by atoms with van der Waals surface area (Å²) in [7, 11) is 0. The van der Waals surface area contributed by atoms with Crippen molar-refractivity contribution in [1.82, 2.24) is 29.9 Å². The molecule has 5 heterocycles. The number of hydrogen-bond donors (Lipinski definition) is 10. The van der Waals surface area contributed by atoms with Gasteiger partial charge in [-0.3, -0.25) is 29.3 Å². The Morgan fingerprint density at radius 2 is 0.951 bits per heavy atom. The second-order valence-corrected chi connectivity index (χ2v) is 16.3. The molecule has 17 N–H and O–H groups in total. The fourth-order valence-corrected chi connectivity index (χ4v) is 9.02. The third-order valence-electron chi connectivity index (χ3n) is 11.7. The van der Waals surface area contributed by atoms with E-state index >= 15 is 0 Å². The van der Waals surface area contributed by atoms with Crippen LogP contribution in [0.1, 0.15) is 96.2 Å². The second kappa shape index (κ2) is 21.3. The number of H-pyrrole nitrogens is 3. The fourth-order valence-electron chi connectivity index (χ4n) is 9.02. The van der Waals surface area contributed by atoms with Crippen LogP contribution < -0.4 is 33.9 Å². The van der Waals surface area contributed by atoms with Crippen LogP contribution in [-0.2, 0) is 39.4 Å². The summed E-state index contributed by atoms with van der Waals surface area (Å²) in [5.41, 5.74) is 16.9. The largest absolute Gasteiger partial charge is 0.412 e. The van der Waals surface area contributed by atoms with E-state index in [0.717, 1.165) is 12.8 Å². The standard InChI is InChI=1S/C14H21N3O3.C13H19N3O4.C10H15N3O4.ClH.2H2O.Pd.H2/c1-4-7-5-8(9-6-16-13(15)17-12(9)18)11-10(7)19-14(2,3)20-11;1-13(2)19-9-6(5-17)3-7(10(9)20-13)8-4-15-12(14)16-11(8)18;11-10-12-2-6(9(17)13-10)5-1-4(3-14)7(15)8(5)16;;;;;/h6-8,10-11H,4-5H2,1-3H3,(H3,15,16,17,18);4,6-7,9-10,17H,3,5H2,1-2H3,(H3,14,15,16,18);2,4-5,7-8,14-16H,1,3H2,(H3,11,12,13,17);1H;2*1H2;;1H/t7-,8-,10+,11-;6-,7+,9-,10+;4-,5+,7-,8+;;;;;/m011...../s1. The van der Waals surface area contributed by atoms with Crippen LogP contribution in [-0.4, -0.2) is 123 Å². The maximum Gasteiger partial charge on any atom is 0.255 e. The summed E-state index contributed by atoms with van der Waals surface area (Å²) >= 11 is 0. The maximum absolute atomic E-state index is 12.1. The van der Waals surface area contributed by atoms with Crippen molar-refractivity contribution >= 4 is 30.3 Å². The van der Waals surface area contributed by atoms with E-state index in [-0.39, 0.29) is 135 Å². The Balaban J connectivity index is 0.000000449. The van der Waals surface area contributed by atoms with Crippen LogP contribution in [0.5, 0.6) is 0 Å². The first-order valence-electron chi connectivity index (χ1n) is 19.2. The van der Waals surface area contributed by atoms with Gasteiger partial charge in [-0.05, 0) is 52.9 Å². The number of aliphatic hydroxyl groups excluding tert-OH is 4. The van der Waals surface area contributed by atoms with Crippen molar-refractivity contribution in [1.29, 1.82) is 0 Å². The molecule has 0 aromatic carbocycles. The number of nitrogens with zero attached hydrogens (tertiary/aromatic N) is 3. The number of nitrogens with two attached hydrogens (primary N) is 3. The second-order valence-electron chi connectivity index (χ2n) is 16.3. The van der Waals surface area contributed by atoms with Gasteiger partial charge in [-0.15, -0.1) is 12.4 Å². The zero-order chi connectivity index (χ0) is 41.6. The number of halogens is 1. The van der Waals surface area contributed by atoms with Gasteiger partial charge >= 0.3 is 0 Å². The Morgan fingerprint density at radius 3 is 1.30 bits per heavy atom. The van der Waals surface area contributed by atoms with E-state index in [1.54, 1.807) is 6.20 Å². The molecule has 3 saturated carbocycles. The number of ether oxygens (including phenoxy) is 4. The molecule has 12 atom stereocenters. The average molecular weight is 983 g/mol. The number of aliphatic hydroxyl groups is 4. The summed E-state index contributed by atoms with van der Waals surface area (Å²) in [6, 6.07) is 0. The van der Waals surface area contributed by atoms with Gasteiger partial charge in [0.2, 0.25) is 0 Å². The summed E-state index contributed by atoms with van der Waals surface area (Å²) < 4.78 is 23.8. The molecule has 24 heteroatoms. The summed E-state index contributed by atoms with van der Waals surface area (Å²) in [4.78, 5) is 54.9. The summed E-state index contributed by atoms with van der Waals surface area (Å²) in [6.45, 7) is 9.43. The van der Waals surface area contributed by atoms with Crippen molar-refractivity contribution < 1.29 is 72.2 Å². The monoisotopic (exact) mass is 981 g/mol. The first kappa shape index (κ1) is 53.7. The number of aromatic amines is 3. The van der Waals surface area contributed by atoms with Crippen LogP contribution in [0.4, 0.5) is 17.8 Å². The van der Waals surface area contributed by atoms with Crippen LogP contribution in [0.3, 0.4) is 0 Å². The Kier molecular flexibility index (Phi) is 18.8. The van der Waals surface area contributed by atoms with Crippen LogP contribution in [0.2, 0.25) is 0 Å². The van der Waals surface area contributed by atoms with Gasteiger partial charge in [-0.1, -0.05) is 13.3 Å². The molecule has 61 heavy (non-hydrogen) atoms. The molecule has 0 radical (unpaired) electrons. The zero-order valence-corrected chi connectivity index (χ0v) is 36.7. The van der Waals surface area contributed by atoms with E-state index in [0.29, 0.717) is 29.9 Å².